The summed E-state index contributed by atoms with van der Waals surface area (Å²) >= 11 is 0. The predicted octanol–water partition coefficient (Wildman–Crippen LogP) is 4.74. The van der Waals surface area contributed by atoms with E-state index in [-0.39, 0.29) is 48.1 Å². The second-order valence-corrected chi connectivity index (χ2v) is 18.3. The van der Waals surface area contributed by atoms with Crippen LogP contribution in [-0.2, 0) is 9.59 Å². The zero-order chi connectivity index (χ0) is 45.4. The van der Waals surface area contributed by atoms with Crippen molar-refractivity contribution in [2.45, 2.75) is 75.6 Å². The topological polar surface area (TPSA) is 172 Å². The van der Waals surface area contributed by atoms with Gasteiger partial charge in [0.15, 0.2) is 0 Å². The van der Waals surface area contributed by atoms with Crippen LogP contribution >= 0.6 is 0 Å². The summed E-state index contributed by atoms with van der Waals surface area (Å²) < 4.78 is 22.1. The molecule has 0 spiro atoms. The summed E-state index contributed by atoms with van der Waals surface area (Å²) in [6.07, 6.45) is 6.61. The lowest BCUT2D eigenvalue weighted by Gasteiger charge is -2.45. The Bertz CT molecular complexity index is 2560. The molecule has 9 rings (SSSR count). The van der Waals surface area contributed by atoms with Crippen LogP contribution in [0.4, 0.5) is 15.8 Å². The first-order chi connectivity index (χ1) is 31.4. The number of likely N-dealkylation sites (N-methyl/N-ethyl adjacent to an activating group) is 1. The first-order valence-electron chi connectivity index (χ1n) is 22.7. The number of piperazine rings is 1. The molecule has 3 aromatic carbocycles. The lowest BCUT2D eigenvalue weighted by molar-refractivity contribution is -0.136. The van der Waals surface area contributed by atoms with Crippen LogP contribution in [0.1, 0.15) is 88.0 Å². The highest BCUT2D eigenvalue weighted by molar-refractivity contribution is 6.23. The van der Waals surface area contributed by atoms with Crippen molar-refractivity contribution in [2.24, 2.45) is 5.92 Å². The van der Waals surface area contributed by atoms with Crippen LogP contribution in [-0.4, -0.2) is 133 Å². The lowest BCUT2D eigenvalue weighted by atomic mass is 9.92. The van der Waals surface area contributed by atoms with E-state index in [9.17, 15) is 29.2 Å². The number of carbonyl (C=O) groups is 5. The number of nitrogens with one attached hydrogen (secondary N) is 2. The van der Waals surface area contributed by atoms with Gasteiger partial charge in [-0.15, -0.1) is 0 Å². The summed E-state index contributed by atoms with van der Waals surface area (Å²) in [7, 11) is 4.12. The van der Waals surface area contributed by atoms with Gasteiger partial charge < -0.3 is 24.8 Å². The minimum atomic E-state index is -1.01. The van der Waals surface area contributed by atoms with Gasteiger partial charge in [0.1, 0.15) is 23.7 Å². The molecule has 5 amide bonds. The number of benzene rings is 3. The van der Waals surface area contributed by atoms with Gasteiger partial charge >= 0.3 is 0 Å². The zero-order valence-corrected chi connectivity index (χ0v) is 36.8. The van der Waals surface area contributed by atoms with Crippen LogP contribution in [0.15, 0.2) is 66.9 Å². The fourth-order valence-corrected chi connectivity index (χ4v) is 10.3. The number of nitrogens with zero attached hydrogens (tertiary/aromatic N) is 7. The number of hydrogen-bond donors (Lipinski definition) is 2. The summed E-state index contributed by atoms with van der Waals surface area (Å²) in [5, 5.41) is 15.6. The van der Waals surface area contributed by atoms with Crippen molar-refractivity contribution >= 4 is 51.8 Å². The van der Waals surface area contributed by atoms with Crippen LogP contribution in [0.5, 0.6) is 5.75 Å². The van der Waals surface area contributed by atoms with E-state index in [1.165, 1.54) is 6.07 Å². The Labute approximate surface area is 377 Å². The molecule has 0 bridgehead atoms. The Kier molecular flexibility index (Phi) is 12.5. The fraction of sp³-hybridized carbons (Fsp3) is 0.449. The minimum absolute atomic E-state index is 0.0285. The summed E-state index contributed by atoms with van der Waals surface area (Å²) in [6.45, 7) is 5.44. The molecule has 1 saturated carbocycles. The quantitative estimate of drug-likeness (QED) is 0.199. The Balaban J connectivity index is 0.753. The van der Waals surface area contributed by atoms with Crippen molar-refractivity contribution in [1.29, 1.82) is 5.26 Å². The maximum Gasteiger partial charge on any atom is 0.262 e. The van der Waals surface area contributed by atoms with Crippen LogP contribution in [0.2, 0.25) is 0 Å². The van der Waals surface area contributed by atoms with Crippen LogP contribution in [0, 0.1) is 23.1 Å². The second-order valence-electron chi connectivity index (χ2n) is 18.3. The molecule has 5 aliphatic rings. The van der Waals surface area contributed by atoms with Crippen LogP contribution in [0.3, 0.4) is 0 Å². The first-order valence-corrected chi connectivity index (χ1v) is 22.7. The smallest absolute Gasteiger partial charge is 0.262 e. The zero-order valence-electron chi connectivity index (χ0n) is 36.8. The molecule has 4 fully saturated rings. The summed E-state index contributed by atoms with van der Waals surface area (Å²) in [5.41, 5.74) is 3.33. The van der Waals surface area contributed by atoms with Crippen molar-refractivity contribution in [3.63, 3.8) is 0 Å². The van der Waals surface area contributed by atoms with Gasteiger partial charge in [-0.3, -0.25) is 44.1 Å². The van der Waals surface area contributed by atoms with Crippen molar-refractivity contribution < 1.29 is 33.1 Å². The third kappa shape index (κ3) is 9.12. The monoisotopic (exact) mass is 883 g/mol. The van der Waals surface area contributed by atoms with Crippen molar-refractivity contribution in [3.05, 3.63) is 94.9 Å². The van der Waals surface area contributed by atoms with Gasteiger partial charge in [0, 0.05) is 87.2 Å². The molecular weight excluding hydrogens is 830 g/mol. The number of nitriles is 1. The molecule has 338 valence electrons. The minimum Gasteiger partial charge on any atom is -0.490 e. The van der Waals surface area contributed by atoms with Gasteiger partial charge in [-0.1, -0.05) is 0 Å². The molecule has 65 heavy (non-hydrogen) atoms. The molecule has 15 nitrogen and oxygen atoms in total. The fourth-order valence-electron chi connectivity index (χ4n) is 10.3. The van der Waals surface area contributed by atoms with E-state index in [0.29, 0.717) is 47.1 Å². The summed E-state index contributed by atoms with van der Waals surface area (Å²) in [6, 6.07) is 18.7. The second kappa shape index (κ2) is 18.6. The maximum absolute atomic E-state index is 15.7. The largest absolute Gasteiger partial charge is 0.490 e. The average Bonchev–Trinajstić information content (AvgIpc) is 3.55. The summed E-state index contributed by atoms with van der Waals surface area (Å²) in [4.78, 5) is 78.8. The number of fused-ring (bicyclic) bond motifs is 2. The number of pyridine rings is 1. The van der Waals surface area contributed by atoms with E-state index in [1.54, 1.807) is 36.5 Å². The molecule has 1 aromatic heterocycles. The van der Waals surface area contributed by atoms with E-state index in [2.05, 4.69) is 55.4 Å². The lowest BCUT2D eigenvalue weighted by Crippen LogP contribution is -2.58. The molecule has 4 aromatic rings. The number of rotatable bonds is 11. The number of imide groups is 2. The predicted molar refractivity (Wildman–Crippen MR) is 241 cm³/mol. The highest BCUT2D eigenvalue weighted by Crippen LogP contribution is 2.34. The maximum atomic E-state index is 15.7. The number of piperidine rings is 2. The third-order valence-corrected chi connectivity index (χ3v) is 13.8. The molecule has 16 heteroatoms. The number of hydrogen-bond acceptors (Lipinski definition) is 12. The Morgan fingerprint density at radius 1 is 0.908 bits per heavy atom. The molecule has 2 N–H and O–H groups in total. The number of ether oxygens (including phenoxy) is 1. The Morgan fingerprint density at radius 3 is 2.43 bits per heavy atom. The van der Waals surface area contributed by atoms with Gasteiger partial charge in [0.25, 0.3) is 17.7 Å². The van der Waals surface area contributed by atoms with Gasteiger partial charge in [-0.25, -0.2) is 4.39 Å². The number of aromatic nitrogens is 1. The SMILES string of the molecule is CN(C)C[C@@H]1CN(c2ccc3c(c2)C(=O)N([C@@H]2CCC(=O)NC2=O)C3=O)CCN1CC1CCN(c2ccc(C(=O)NC3CCC(Oc4ccc(C#N)c5ncccc45)CC3)cc2F)CC1. The van der Waals surface area contributed by atoms with E-state index in [1.807, 2.05) is 24.3 Å². The highest BCUT2D eigenvalue weighted by Gasteiger charge is 2.45. The molecule has 3 saturated heterocycles. The van der Waals surface area contributed by atoms with Crippen molar-refractivity contribution in [1.82, 2.24) is 30.3 Å². The molecule has 1 aliphatic carbocycles. The molecule has 4 aliphatic heterocycles. The van der Waals surface area contributed by atoms with Crippen molar-refractivity contribution in [3.8, 4) is 11.8 Å². The number of halogens is 1. The van der Waals surface area contributed by atoms with E-state index < -0.39 is 35.5 Å². The average molecular weight is 884 g/mol. The molecule has 2 atom stereocenters. The normalized spacial score (nSPS) is 23.2. The summed E-state index contributed by atoms with van der Waals surface area (Å²) in [5.74, 6) is -1.62. The van der Waals surface area contributed by atoms with E-state index in [0.717, 1.165) is 87.2 Å². The Morgan fingerprint density at radius 2 is 1.69 bits per heavy atom. The van der Waals surface area contributed by atoms with Crippen LogP contribution in [0.25, 0.3) is 10.9 Å². The Hall–Kier alpha value is -6.44. The van der Waals surface area contributed by atoms with E-state index in [4.69, 9.17) is 4.74 Å². The molecule has 0 radical (unpaired) electrons. The van der Waals surface area contributed by atoms with Gasteiger partial charge in [-0.05, 0) is 126 Å². The van der Waals surface area contributed by atoms with Crippen LogP contribution < -0.4 is 25.2 Å². The molecule has 5 heterocycles. The third-order valence-electron chi connectivity index (χ3n) is 13.8. The van der Waals surface area contributed by atoms with Crippen molar-refractivity contribution in [2.75, 3.05) is 69.7 Å². The molecular formula is C49H54FN9O6. The number of anilines is 2. The standard InChI is InChI=1S/C49H54FN9O6/c1-55(2)28-35-29-58(34-9-12-37-39(25-34)49(64)59(48(37)63)42-14-16-44(60)54-47(42)62)23-22-57(35)27-30-17-20-56(21-18-30)41-13-5-31(24-40(41)50)46(61)53-33-7-10-36(11-8-33)65-43-15-6-32(26-51)45-38(43)4-3-19-52-45/h3-6,9,12-13,15,19,24-25,30,33,35-36,42H,7-8,10-11,14,16-18,20-23,27-29H2,1-2H3,(H,53,61)(H,54,60,62)/t33?,35-,36?,42-/m1/s1. The number of carbonyl (C=O) groups excluding carboxylic acids is 5. The van der Waals surface area contributed by atoms with Gasteiger partial charge in [-0.2, -0.15) is 5.26 Å². The molecule has 0 unspecified atom stereocenters. The number of amides is 5. The van der Waals surface area contributed by atoms with Gasteiger partial charge in [0.2, 0.25) is 11.8 Å². The van der Waals surface area contributed by atoms with E-state index >= 15 is 4.39 Å². The first kappa shape index (κ1) is 43.8. The highest BCUT2D eigenvalue weighted by atomic mass is 19.1. The van der Waals surface area contributed by atoms with Gasteiger partial charge in [0.05, 0.1) is 34.0 Å².